The van der Waals surface area contributed by atoms with Gasteiger partial charge in [-0.1, -0.05) is 12.8 Å². The molecule has 3 N–H and O–H groups in total. The van der Waals surface area contributed by atoms with E-state index in [1.807, 2.05) is 0 Å². The molecule has 2 rings (SSSR count). The van der Waals surface area contributed by atoms with Crippen LogP contribution in [-0.2, 0) is 0 Å². The Labute approximate surface area is 79.9 Å². The normalized spacial score (nSPS) is 36.7. The van der Waals surface area contributed by atoms with Gasteiger partial charge in [-0.05, 0) is 25.8 Å². The lowest BCUT2D eigenvalue weighted by atomic mass is 10.0. The van der Waals surface area contributed by atoms with Crippen LogP contribution in [0.25, 0.3) is 0 Å². The van der Waals surface area contributed by atoms with E-state index in [2.05, 4.69) is 10.6 Å². The van der Waals surface area contributed by atoms with Gasteiger partial charge in [-0.2, -0.15) is 0 Å². The zero-order valence-electron chi connectivity index (χ0n) is 8.13. The first-order valence-electron chi connectivity index (χ1n) is 5.51. The van der Waals surface area contributed by atoms with Crippen LogP contribution in [0.2, 0.25) is 0 Å². The third-order valence-corrected chi connectivity index (χ3v) is 3.25. The number of aliphatic hydroxyl groups excluding tert-OH is 1. The van der Waals surface area contributed by atoms with Gasteiger partial charge in [-0.15, -0.1) is 0 Å². The number of piperidine rings is 1. The molecular weight excluding hydrogens is 164 g/mol. The van der Waals surface area contributed by atoms with Crippen LogP contribution in [-0.4, -0.2) is 36.4 Å². The summed E-state index contributed by atoms with van der Waals surface area (Å²) in [6.07, 6.45) is 6.06. The van der Waals surface area contributed by atoms with Crippen LogP contribution in [0.1, 0.15) is 32.1 Å². The van der Waals surface area contributed by atoms with Crippen LogP contribution < -0.4 is 10.6 Å². The van der Waals surface area contributed by atoms with Crippen LogP contribution in [0.15, 0.2) is 0 Å². The zero-order chi connectivity index (χ0) is 9.10. The van der Waals surface area contributed by atoms with E-state index >= 15 is 0 Å². The van der Waals surface area contributed by atoms with Crippen molar-refractivity contribution in [2.45, 2.75) is 50.3 Å². The van der Waals surface area contributed by atoms with Gasteiger partial charge in [0.05, 0.1) is 6.10 Å². The highest BCUT2D eigenvalue weighted by molar-refractivity contribution is 4.87. The molecule has 1 saturated heterocycles. The van der Waals surface area contributed by atoms with E-state index in [-0.39, 0.29) is 12.1 Å². The molecule has 0 radical (unpaired) electrons. The molecule has 0 aromatic carbocycles. The first kappa shape index (κ1) is 9.44. The molecule has 3 nitrogen and oxygen atoms in total. The Bertz CT molecular complexity index is 157. The largest absolute Gasteiger partial charge is 0.391 e. The lowest BCUT2D eigenvalue weighted by Crippen LogP contribution is -2.54. The fraction of sp³-hybridized carbons (Fsp3) is 1.00. The van der Waals surface area contributed by atoms with Crippen molar-refractivity contribution in [2.75, 3.05) is 13.1 Å². The highest BCUT2D eigenvalue weighted by Crippen LogP contribution is 2.19. The van der Waals surface area contributed by atoms with Gasteiger partial charge in [0.2, 0.25) is 0 Å². The van der Waals surface area contributed by atoms with Gasteiger partial charge in [0.15, 0.2) is 0 Å². The Kier molecular flexibility index (Phi) is 3.19. The Morgan fingerprint density at radius 3 is 2.62 bits per heavy atom. The minimum atomic E-state index is -0.137. The van der Waals surface area contributed by atoms with Crippen molar-refractivity contribution in [3.05, 3.63) is 0 Å². The van der Waals surface area contributed by atoms with Gasteiger partial charge in [0.1, 0.15) is 0 Å². The van der Waals surface area contributed by atoms with Gasteiger partial charge in [-0.3, -0.25) is 0 Å². The minimum absolute atomic E-state index is 0.137. The highest BCUT2D eigenvalue weighted by Gasteiger charge is 2.26. The van der Waals surface area contributed by atoms with Gasteiger partial charge in [0.25, 0.3) is 0 Å². The average Bonchev–Trinajstić information content (AvgIpc) is 2.61. The topological polar surface area (TPSA) is 44.3 Å². The fourth-order valence-electron chi connectivity index (χ4n) is 2.41. The number of aliphatic hydroxyl groups is 1. The van der Waals surface area contributed by atoms with E-state index < -0.39 is 0 Å². The quantitative estimate of drug-likeness (QED) is 0.576. The second-order valence-electron chi connectivity index (χ2n) is 4.31. The molecule has 0 unspecified atom stereocenters. The summed E-state index contributed by atoms with van der Waals surface area (Å²) in [5.41, 5.74) is 0. The van der Waals surface area contributed by atoms with Crippen LogP contribution in [0, 0.1) is 0 Å². The molecule has 0 aromatic heterocycles. The first-order chi connectivity index (χ1) is 6.36. The standard InChI is InChI=1S/C10H20N2O/c13-10-5-6-11-7-9(10)12-8-3-1-2-4-8/h8-13H,1-7H2/t9-,10-/m0/s1. The van der Waals surface area contributed by atoms with E-state index in [1.165, 1.54) is 25.7 Å². The molecule has 2 aliphatic rings. The molecule has 0 amide bonds. The van der Waals surface area contributed by atoms with Crippen LogP contribution in [0.3, 0.4) is 0 Å². The van der Waals surface area contributed by atoms with Crippen LogP contribution >= 0.6 is 0 Å². The minimum Gasteiger partial charge on any atom is -0.391 e. The maximum Gasteiger partial charge on any atom is 0.0717 e. The highest BCUT2D eigenvalue weighted by atomic mass is 16.3. The lowest BCUT2D eigenvalue weighted by Gasteiger charge is -2.31. The van der Waals surface area contributed by atoms with Crippen molar-refractivity contribution in [3.8, 4) is 0 Å². The van der Waals surface area contributed by atoms with Gasteiger partial charge >= 0.3 is 0 Å². The molecule has 1 saturated carbocycles. The summed E-state index contributed by atoms with van der Waals surface area (Å²) in [6.45, 7) is 1.89. The maximum absolute atomic E-state index is 9.73. The summed E-state index contributed by atoms with van der Waals surface area (Å²) in [5.74, 6) is 0. The molecule has 13 heavy (non-hydrogen) atoms. The van der Waals surface area contributed by atoms with E-state index in [1.54, 1.807) is 0 Å². The summed E-state index contributed by atoms with van der Waals surface area (Å²) in [6, 6.07) is 0.955. The predicted octanol–water partition coefficient (Wildman–Crippen LogP) is 0.241. The van der Waals surface area contributed by atoms with Crippen LogP contribution in [0.5, 0.6) is 0 Å². The van der Waals surface area contributed by atoms with Crippen LogP contribution in [0.4, 0.5) is 0 Å². The van der Waals surface area contributed by atoms with Crippen molar-refractivity contribution < 1.29 is 5.11 Å². The summed E-state index contributed by atoms with van der Waals surface area (Å²) in [5, 5.41) is 16.6. The third kappa shape index (κ3) is 2.42. The molecule has 1 aliphatic carbocycles. The van der Waals surface area contributed by atoms with E-state index in [4.69, 9.17) is 0 Å². The molecule has 2 atom stereocenters. The average molecular weight is 184 g/mol. The Hall–Kier alpha value is -0.120. The zero-order valence-corrected chi connectivity index (χ0v) is 8.13. The fourth-order valence-corrected chi connectivity index (χ4v) is 2.41. The van der Waals surface area contributed by atoms with E-state index in [0.29, 0.717) is 6.04 Å². The maximum atomic E-state index is 9.73. The molecule has 0 bridgehead atoms. The van der Waals surface area contributed by atoms with Crippen molar-refractivity contribution >= 4 is 0 Å². The molecule has 0 aromatic rings. The number of hydrogen-bond acceptors (Lipinski definition) is 3. The molecular formula is C10H20N2O. The summed E-state index contributed by atoms with van der Waals surface area (Å²) in [7, 11) is 0. The third-order valence-electron chi connectivity index (χ3n) is 3.25. The van der Waals surface area contributed by atoms with E-state index in [9.17, 15) is 5.11 Å². The predicted molar refractivity (Wildman–Crippen MR) is 52.7 cm³/mol. The summed E-state index contributed by atoms with van der Waals surface area (Å²) >= 11 is 0. The molecule has 1 heterocycles. The molecule has 3 heteroatoms. The summed E-state index contributed by atoms with van der Waals surface area (Å²) < 4.78 is 0. The molecule has 2 fully saturated rings. The van der Waals surface area contributed by atoms with Gasteiger partial charge in [0, 0.05) is 18.6 Å². The van der Waals surface area contributed by atoms with Crippen molar-refractivity contribution in [1.29, 1.82) is 0 Å². The SMILES string of the molecule is O[C@H]1CCNC[C@@H]1NC1CCCC1. The van der Waals surface area contributed by atoms with Crippen molar-refractivity contribution in [2.24, 2.45) is 0 Å². The Balaban J connectivity index is 1.78. The van der Waals surface area contributed by atoms with Crippen molar-refractivity contribution in [3.63, 3.8) is 0 Å². The number of hydrogen-bond donors (Lipinski definition) is 3. The van der Waals surface area contributed by atoms with E-state index in [0.717, 1.165) is 19.5 Å². The summed E-state index contributed by atoms with van der Waals surface area (Å²) in [4.78, 5) is 0. The monoisotopic (exact) mass is 184 g/mol. The second-order valence-corrected chi connectivity index (χ2v) is 4.31. The second kappa shape index (κ2) is 4.40. The molecule has 76 valence electrons. The molecule has 1 aliphatic heterocycles. The smallest absolute Gasteiger partial charge is 0.0717 e. The van der Waals surface area contributed by atoms with Gasteiger partial charge in [-0.25, -0.2) is 0 Å². The molecule has 0 spiro atoms. The first-order valence-corrected chi connectivity index (χ1v) is 5.51. The lowest BCUT2D eigenvalue weighted by molar-refractivity contribution is 0.0934. The number of rotatable bonds is 2. The Morgan fingerprint density at radius 1 is 1.15 bits per heavy atom. The number of nitrogens with one attached hydrogen (secondary N) is 2. The van der Waals surface area contributed by atoms with Crippen molar-refractivity contribution in [1.82, 2.24) is 10.6 Å². The Morgan fingerprint density at radius 2 is 1.92 bits per heavy atom. The van der Waals surface area contributed by atoms with Gasteiger partial charge < -0.3 is 15.7 Å².